The summed E-state index contributed by atoms with van der Waals surface area (Å²) in [5.74, 6) is -2.47. The number of aliphatic hydroxyl groups excluding tert-OH is 13. The van der Waals surface area contributed by atoms with E-state index in [0.29, 0.717) is 68.6 Å². The quantitative estimate of drug-likeness (QED) is 0.0142. The second-order valence-electron chi connectivity index (χ2n) is 32.0. The fourth-order valence-corrected chi connectivity index (χ4v) is 15.9. The number of ether oxygens (including phenoxy) is 13. The Labute approximate surface area is 760 Å². The van der Waals surface area contributed by atoms with Crippen molar-refractivity contribution in [1.82, 2.24) is 86.7 Å². The number of unbranched alkanes of at least 4 members (excludes halogenated alkanes) is 4. The molecule has 0 aromatic carbocycles. The molecule has 0 saturated carbocycles. The molecule has 0 spiro atoms. The number of phosphoric ester groups is 1. The minimum Gasteiger partial charge on any atom is -0.394 e. The van der Waals surface area contributed by atoms with E-state index in [2.05, 4.69) is 68.0 Å². The zero-order valence-corrected chi connectivity index (χ0v) is 75.3. The van der Waals surface area contributed by atoms with Crippen LogP contribution in [0.25, 0.3) is 0 Å². The normalized spacial score (nSPS) is 28.4. The van der Waals surface area contributed by atoms with Gasteiger partial charge in [0.2, 0.25) is 29.5 Å². The Morgan fingerprint density at radius 3 is 1.30 bits per heavy atom. The summed E-state index contributed by atoms with van der Waals surface area (Å²) in [5.41, 5.74) is 9.93. The number of aliphatic hydroxyl groups is 13. The van der Waals surface area contributed by atoms with Crippen molar-refractivity contribution in [2.45, 2.75) is 266 Å². The van der Waals surface area contributed by atoms with Crippen LogP contribution in [0.3, 0.4) is 0 Å². The van der Waals surface area contributed by atoms with E-state index >= 15 is 4.79 Å². The molecule has 132 heavy (non-hydrogen) atoms. The van der Waals surface area contributed by atoms with Crippen molar-refractivity contribution < 1.29 is 170 Å². The van der Waals surface area contributed by atoms with Gasteiger partial charge in [-0.15, -0.1) is 15.3 Å². The highest BCUT2D eigenvalue weighted by molar-refractivity contribution is 7.47. The number of hydrogen-bond acceptors (Lipinski definition) is 45. The molecule has 5 fully saturated rings. The lowest BCUT2D eigenvalue weighted by Gasteiger charge is -2.42. The summed E-state index contributed by atoms with van der Waals surface area (Å²) in [4.78, 5) is 77.4. The number of nitrogens with zero attached hydrogens (tertiary/aromatic N) is 12. The highest BCUT2D eigenvalue weighted by Gasteiger charge is 2.50. The van der Waals surface area contributed by atoms with E-state index in [1.807, 2.05) is 9.80 Å². The number of aromatic nitrogens is 9. The summed E-state index contributed by atoms with van der Waals surface area (Å²) in [6, 6.07) is -5.57. The van der Waals surface area contributed by atoms with Gasteiger partial charge in [0.25, 0.3) is 0 Å². The lowest BCUT2D eigenvalue weighted by Crippen LogP contribution is -2.64. The highest BCUT2D eigenvalue weighted by Crippen LogP contribution is 2.46. The zero-order valence-electron chi connectivity index (χ0n) is 74.4. The van der Waals surface area contributed by atoms with Gasteiger partial charge in [-0.25, -0.2) is 24.1 Å². The van der Waals surface area contributed by atoms with Gasteiger partial charge in [0.05, 0.1) is 173 Å². The number of phosphoric acid groups is 1. The molecule has 55 heteroatoms. The van der Waals surface area contributed by atoms with Gasteiger partial charge in [0.15, 0.2) is 31.5 Å². The smallest absolute Gasteiger partial charge is 0.394 e. The third-order valence-corrected chi connectivity index (χ3v) is 22.6. The first-order chi connectivity index (χ1) is 63.4. The van der Waals surface area contributed by atoms with E-state index in [1.54, 1.807) is 29.5 Å². The van der Waals surface area contributed by atoms with Gasteiger partial charge in [0, 0.05) is 98.2 Å². The number of nitrogens with one attached hydrogen (secondary N) is 7. The van der Waals surface area contributed by atoms with Gasteiger partial charge in [-0.2, -0.15) is 5.11 Å². The predicted octanol–water partition coefficient (Wildman–Crippen LogP) is -8.82. The lowest BCUT2D eigenvalue weighted by molar-refractivity contribution is -0.272. The molecule has 5 aliphatic heterocycles. The molecule has 0 aliphatic carbocycles. The summed E-state index contributed by atoms with van der Waals surface area (Å²) in [5, 5.41) is 180. The Morgan fingerprint density at radius 1 is 0.515 bits per heavy atom. The van der Waals surface area contributed by atoms with E-state index in [9.17, 15) is 95.0 Å². The number of hydrogen-bond donors (Lipinski definition) is 21. The molecule has 8 heterocycles. The van der Waals surface area contributed by atoms with Crippen LogP contribution in [0.1, 0.15) is 103 Å². The minimum absolute atomic E-state index is 0.00308. The molecule has 3 aromatic rings. The van der Waals surface area contributed by atoms with Crippen molar-refractivity contribution >= 4 is 37.4 Å². The van der Waals surface area contributed by atoms with Crippen molar-refractivity contribution in [2.75, 3.05) is 145 Å². The maximum Gasteiger partial charge on any atom is 0.472 e. The van der Waals surface area contributed by atoms with E-state index < -0.39 is 199 Å². The van der Waals surface area contributed by atoms with E-state index in [1.165, 1.54) is 37.1 Å². The van der Waals surface area contributed by atoms with Gasteiger partial charge < -0.3 is 165 Å². The predicted molar refractivity (Wildman–Crippen MR) is 445 cm³/mol. The van der Waals surface area contributed by atoms with Crippen molar-refractivity contribution in [2.24, 2.45) is 5.11 Å². The first-order valence-electron chi connectivity index (χ1n) is 43.9. The van der Waals surface area contributed by atoms with Crippen LogP contribution in [0.2, 0.25) is 0 Å². The van der Waals surface area contributed by atoms with Crippen LogP contribution >= 0.6 is 7.82 Å². The van der Waals surface area contributed by atoms with Gasteiger partial charge >= 0.3 is 7.82 Å². The van der Waals surface area contributed by atoms with E-state index in [4.69, 9.17) is 76.2 Å². The average molecular weight is 1920 g/mol. The summed E-state index contributed by atoms with van der Waals surface area (Å²) < 4.78 is 102. The van der Waals surface area contributed by atoms with Crippen LogP contribution in [-0.4, -0.2) is 442 Å². The third kappa shape index (κ3) is 37.1. The molecular formula is C77H134N19O35P. The molecule has 0 bridgehead atoms. The summed E-state index contributed by atoms with van der Waals surface area (Å²) >= 11 is 0. The molecule has 5 aliphatic rings. The number of amides is 5. The maximum absolute atomic E-state index is 15.2. The largest absolute Gasteiger partial charge is 0.472 e. The average Bonchev–Trinajstić information content (AvgIpc) is 1.63. The lowest BCUT2D eigenvalue weighted by atomic mass is 9.97. The monoisotopic (exact) mass is 1920 g/mol. The van der Waals surface area contributed by atoms with E-state index in [0.717, 1.165) is 0 Å². The van der Waals surface area contributed by atoms with Crippen LogP contribution in [-0.2, 0) is 138 Å². The van der Waals surface area contributed by atoms with Crippen molar-refractivity contribution in [3.63, 3.8) is 0 Å². The Hall–Kier alpha value is -7.10. The summed E-state index contributed by atoms with van der Waals surface area (Å²) in [7, 11) is -4.47. The topological polar surface area (TPSA) is 731 Å². The highest BCUT2D eigenvalue weighted by atomic mass is 31.2. The van der Waals surface area contributed by atoms with Crippen molar-refractivity contribution in [3.05, 3.63) is 47.6 Å². The van der Waals surface area contributed by atoms with Gasteiger partial charge in [-0.3, -0.25) is 42.8 Å². The maximum atomic E-state index is 15.2. The Morgan fingerprint density at radius 2 is 0.909 bits per heavy atom. The van der Waals surface area contributed by atoms with Gasteiger partial charge in [-0.05, 0) is 38.6 Å². The summed E-state index contributed by atoms with van der Waals surface area (Å²) in [6.07, 6.45) is -13.8. The molecule has 24 atom stereocenters. The van der Waals surface area contributed by atoms with Crippen molar-refractivity contribution in [1.29, 1.82) is 5.53 Å². The number of rotatable bonds is 63. The number of carbonyl (C=O) groups excluding carboxylic acids is 5. The van der Waals surface area contributed by atoms with Crippen LogP contribution < -0.4 is 31.9 Å². The summed E-state index contributed by atoms with van der Waals surface area (Å²) in [6.45, 7) is 3.96. The van der Waals surface area contributed by atoms with Crippen LogP contribution in [0.15, 0.2) is 35.6 Å². The molecule has 5 amide bonds. The Balaban J connectivity index is 0.973. The third-order valence-electron chi connectivity index (χ3n) is 21.6. The first kappa shape index (κ1) is 110. The minimum atomic E-state index is -4.47. The molecule has 54 nitrogen and oxygen atoms in total. The zero-order chi connectivity index (χ0) is 95.7. The number of carbonyl (C=O) groups is 5. The standard InChI is InChI=1S/C77H134N19O35P/c1-46(101)81-61-69(110)65(106)56(42-97)127-74(61)122-29-25-117-21-14-79-34-50(85-78)35-92(36-51-39-94(89-86-51)16-22-118-26-30-123-75-62(82-47(2)102)70(111)66(107)57(43-98)128-75)15-9-7-11-55(73(114)80-13-8-5-6-10-19-126-132(115,116)131-54-12-20-121-60(105)33-54)93(37-52-40-95(90-87-52)17-23-119-27-31-124-76-63(83-48(3)103)71(112)67(108)58(44-99)129-76)38-53-41-96(91-88-53)18-24-120-28-32-125-77-64(84-49(4)104)72(113)68(109)59(45-100)130-77/h34,39-41,54-72,74-79,97-100,105-113H,5-33,35-38,42-45H2,1-4H3,(H,80,114)(H,81,101)(H,82,102)(H,83,103)(H,84,104)(H,115,116)/b50-34-,85-78?/t54?,55-,56+,57+,58+,59+,60-,61+,62+,63+,64+,65-,66-,67-,68-,69+,70+,71+,72+,74+,75+,76+,77+/m0/s1. The Bertz CT molecular complexity index is 3830. The second kappa shape index (κ2) is 58.5. The van der Waals surface area contributed by atoms with Crippen LogP contribution in [0.5, 0.6) is 0 Å². The van der Waals surface area contributed by atoms with Crippen molar-refractivity contribution in [3.8, 4) is 0 Å². The van der Waals surface area contributed by atoms with Crippen LogP contribution in [0, 0.1) is 5.53 Å². The Kier molecular flexibility index (Phi) is 48.8. The molecular weight excluding hydrogens is 1780 g/mol. The van der Waals surface area contributed by atoms with Gasteiger partial charge in [-0.1, -0.05) is 34.9 Å². The molecule has 752 valence electrons. The first-order valence-corrected chi connectivity index (χ1v) is 45.4. The molecule has 3 aromatic heterocycles. The van der Waals surface area contributed by atoms with E-state index in [-0.39, 0.29) is 176 Å². The second-order valence-corrected chi connectivity index (χ2v) is 33.4. The molecule has 21 N–H and O–H groups in total. The van der Waals surface area contributed by atoms with Gasteiger partial charge in [0.1, 0.15) is 97.4 Å². The molecule has 8 rings (SSSR count). The van der Waals surface area contributed by atoms with Crippen LogP contribution in [0.4, 0.5) is 0 Å². The molecule has 2 unspecified atom stereocenters. The molecule has 5 saturated heterocycles. The molecule has 0 radical (unpaired) electrons. The fourth-order valence-electron chi connectivity index (χ4n) is 14.9. The fraction of sp³-hybridized carbons (Fsp3) is 0.831. The SMILES string of the molecule is CC(=O)N[C@H]1[C@H](OCCOCCN/C=C(/CN(CCCC[C@@H](C(=O)NCCCCCCOP(=O)(O)OC2CCO[C@H](O)C2)N(Cc2cn(CCOCCO[C@@H]3O[C@H](CO)[C@H](O)[C@H](O)[C@H]3NC(C)=O)nn2)Cc2cn(CCOCCO[C@@H]3O[C@H](CO)[C@H](O)[C@H](O)[C@H]3NC(C)=O)nn2)Cc2cn(CCOCCO[C@@H]3O[C@H](CO)[C@H](O)[C@H](O)[C@H]3NC(C)=O)nn2)N=N)O[C@H](CO)[C@H](O)[C@@H]1O.